The Labute approximate surface area is 84.7 Å². The monoisotopic (exact) mass is 208 g/mol. The summed E-state index contributed by atoms with van der Waals surface area (Å²) in [6, 6.07) is 2.86. The first-order chi connectivity index (χ1) is 7.19. The Balaban J connectivity index is 2.34. The zero-order chi connectivity index (χ0) is 10.8. The molecule has 0 saturated heterocycles. The number of imidazole rings is 1. The van der Waals surface area contributed by atoms with Crippen LogP contribution in [0, 0.1) is 5.82 Å². The molecule has 78 valence electrons. The molecule has 2 rings (SSSR count). The number of nitrogens with one attached hydrogen (secondary N) is 1. The number of hydrogen-bond acceptors (Lipinski definition) is 3. The number of aromatic nitrogens is 2. The summed E-state index contributed by atoms with van der Waals surface area (Å²) in [5.74, 6) is 4.26. The summed E-state index contributed by atoms with van der Waals surface area (Å²) in [6.45, 7) is 0. The summed E-state index contributed by atoms with van der Waals surface area (Å²) in [7, 11) is 0. The number of rotatable bonds is 2. The largest absolute Gasteiger partial charge is 0.304 e. The van der Waals surface area contributed by atoms with Gasteiger partial charge in [-0.3, -0.25) is 10.2 Å². The van der Waals surface area contributed by atoms with Crippen LogP contribution in [0.5, 0.6) is 0 Å². The number of carbonyl (C=O) groups excluding carboxylic acids is 1. The molecule has 0 bridgehead atoms. The minimum Gasteiger partial charge on any atom is -0.304 e. The quantitative estimate of drug-likeness (QED) is 0.414. The Morgan fingerprint density at radius 2 is 2.33 bits per heavy atom. The topological polar surface area (TPSA) is 72.4 Å². The molecule has 15 heavy (non-hydrogen) atoms. The van der Waals surface area contributed by atoms with Crippen molar-refractivity contribution < 1.29 is 9.18 Å². The lowest BCUT2D eigenvalue weighted by atomic mass is 10.3. The molecule has 1 amide bonds. The summed E-state index contributed by atoms with van der Waals surface area (Å²) in [5, 5.41) is 0. The Morgan fingerprint density at radius 3 is 3.07 bits per heavy atom. The fourth-order valence-corrected chi connectivity index (χ4v) is 1.32. The Hall–Kier alpha value is -1.95. The van der Waals surface area contributed by atoms with Crippen LogP contribution >= 0.6 is 0 Å². The van der Waals surface area contributed by atoms with Crippen LogP contribution in [0.15, 0.2) is 24.5 Å². The van der Waals surface area contributed by atoms with E-state index in [0.29, 0.717) is 11.3 Å². The van der Waals surface area contributed by atoms with E-state index in [1.165, 1.54) is 16.7 Å². The highest BCUT2D eigenvalue weighted by molar-refractivity contribution is 5.77. The zero-order valence-corrected chi connectivity index (χ0v) is 7.77. The maximum Gasteiger partial charge on any atom is 0.239 e. The summed E-state index contributed by atoms with van der Waals surface area (Å²) >= 11 is 0. The summed E-state index contributed by atoms with van der Waals surface area (Å²) in [5.41, 5.74) is 3.15. The third-order valence-corrected chi connectivity index (χ3v) is 1.97. The number of halogens is 1. The minimum absolute atomic E-state index is 0.0831. The van der Waals surface area contributed by atoms with E-state index in [-0.39, 0.29) is 18.1 Å². The van der Waals surface area contributed by atoms with Gasteiger partial charge in [-0.2, -0.15) is 0 Å². The van der Waals surface area contributed by atoms with Crippen molar-refractivity contribution in [3.8, 4) is 0 Å². The number of fused-ring (bicyclic) bond motifs is 1. The van der Waals surface area contributed by atoms with E-state index in [0.717, 1.165) is 0 Å². The molecule has 0 atom stereocenters. The number of pyridine rings is 1. The molecule has 0 aliphatic carbocycles. The second-order valence-corrected chi connectivity index (χ2v) is 3.09. The number of nitrogens with two attached hydrogens (primary N) is 1. The molecular weight excluding hydrogens is 199 g/mol. The highest BCUT2D eigenvalue weighted by Crippen LogP contribution is 2.07. The van der Waals surface area contributed by atoms with Gasteiger partial charge in [0.15, 0.2) is 0 Å². The van der Waals surface area contributed by atoms with Crippen LogP contribution in [-0.2, 0) is 11.2 Å². The Bertz CT molecular complexity index is 508. The van der Waals surface area contributed by atoms with E-state index in [1.54, 1.807) is 12.3 Å². The van der Waals surface area contributed by atoms with Crippen LogP contribution in [0.25, 0.3) is 5.65 Å². The van der Waals surface area contributed by atoms with Gasteiger partial charge in [0.25, 0.3) is 0 Å². The molecule has 2 aromatic heterocycles. The molecule has 3 N–H and O–H groups in total. The van der Waals surface area contributed by atoms with E-state index in [1.807, 2.05) is 5.43 Å². The van der Waals surface area contributed by atoms with Gasteiger partial charge in [0, 0.05) is 12.4 Å². The number of carbonyl (C=O) groups is 1. The summed E-state index contributed by atoms with van der Waals surface area (Å²) in [4.78, 5) is 15.1. The van der Waals surface area contributed by atoms with Crippen molar-refractivity contribution in [2.75, 3.05) is 0 Å². The lowest BCUT2D eigenvalue weighted by molar-refractivity contribution is -0.120. The lowest BCUT2D eigenvalue weighted by Crippen LogP contribution is -2.31. The molecule has 2 aromatic rings. The summed E-state index contributed by atoms with van der Waals surface area (Å²) < 4.78 is 14.3. The van der Waals surface area contributed by atoms with Gasteiger partial charge in [0.2, 0.25) is 5.91 Å². The number of hydrogen-bond donors (Lipinski definition) is 2. The van der Waals surface area contributed by atoms with E-state index < -0.39 is 0 Å². The minimum atomic E-state index is -0.352. The zero-order valence-electron chi connectivity index (χ0n) is 7.77. The molecule has 6 heteroatoms. The standard InChI is InChI=1S/C9H9FN4O/c10-6-1-2-8-12-7(3-9(15)13-11)5-14(8)4-6/h1-2,4-5H,3,11H2,(H,13,15). The van der Waals surface area contributed by atoms with Gasteiger partial charge in [-0.25, -0.2) is 15.2 Å². The van der Waals surface area contributed by atoms with Crippen LogP contribution in [-0.4, -0.2) is 15.3 Å². The van der Waals surface area contributed by atoms with Crippen molar-refractivity contribution in [1.29, 1.82) is 0 Å². The average molecular weight is 208 g/mol. The SMILES string of the molecule is NNC(=O)Cc1cn2cc(F)ccc2n1. The van der Waals surface area contributed by atoms with E-state index in [2.05, 4.69) is 4.98 Å². The maximum absolute atomic E-state index is 12.8. The number of hydrazine groups is 1. The van der Waals surface area contributed by atoms with Crippen molar-refractivity contribution >= 4 is 11.6 Å². The van der Waals surface area contributed by atoms with Crippen LogP contribution in [0.2, 0.25) is 0 Å². The number of amides is 1. The van der Waals surface area contributed by atoms with Crippen molar-refractivity contribution in [3.05, 3.63) is 36.0 Å². The summed E-state index contributed by atoms with van der Waals surface area (Å²) in [6.07, 6.45) is 2.97. The smallest absolute Gasteiger partial charge is 0.239 e. The van der Waals surface area contributed by atoms with E-state index >= 15 is 0 Å². The van der Waals surface area contributed by atoms with Crippen molar-refractivity contribution in [3.63, 3.8) is 0 Å². The Kier molecular flexibility index (Phi) is 2.34. The highest BCUT2D eigenvalue weighted by Gasteiger charge is 2.06. The van der Waals surface area contributed by atoms with E-state index in [4.69, 9.17) is 5.84 Å². The molecule has 5 nitrogen and oxygen atoms in total. The van der Waals surface area contributed by atoms with Crippen LogP contribution in [0.3, 0.4) is 0 Å². The molecule has 0 unspecified atom stereocenters. The predicted octanol–water partition coefficient (Wildman–Crippen LogP) is 0.00580. The second-order valence-electron chi connectivity index (χ2n) is 3.09. The molecule has 0 radical (unpaired) electrons. The van der Waals surface area contributed by atoms with Crippen molar-refractivity contribution in [2.24, 2.45) is 5.84 Å². The molecular formula is C9H9FN4O. The van der Waals surface area contributed by atoms with Gasteiger partial charge in [-0.05, 0) is 12.1 Å². The molecule has 0 saturated carbocycles. The van der Waals surface area contributed by atoms with Crippen LogP contribution in [0.4, 0.5) is 4.39 Å². The van der Waals surface area contributed by atoms with Crippen LogP contribution in [0.1, 0.15) is 5.69 Å². The van der Waals surface area contributed by atoms with Gasteiger partial charge in [0.1, 0.15) is 11.5 Å². The predicted molar refractivity (Wildman–Crippen MR) is 51.2 cm³/mol. The third kappa shape index (κ3) is 1.94. The van der Waals surface area contributed by atoms with Gasteiger partial charge < -0.3 is 4.40 Å². The lowest BCUT2D eigenvalue weighted by Gasteiger charge is -1.93. The van der Waals surface area contributed by atoms with Gasteiger partial charge in [-0.1, -0.05) is 0 Å². The normalized spacial score (nSPS) is 10.5. The molecule has 0 aliphatic heterocycles. The first-order valence-corrected chi connectivity index (χ1v) is 4.31. The molecule has 0 fully saturated rings. The van der Waals surface area contributed by atoms with Gasteiger partial charge in [0.05, 0.1) is 12.1 Å². The molecule has 2 heterocycles. The fourth-order valence-electron chi connectivity index (χ4n) is 1.32. The van der Waals surface area contributed by atoms with E-state index in [9.17, 15) is 9.18 Å². The van der Waals surface area contributed by atoms with Crippen molar-refractivity contribution in [2.45, 2.75) is 6.42 Å². The first-order valence-electron chi connectivity index (χ1n) is 4.31. The highest BCUT2D eigenvalue weighted by atomic mass is 19.1. The van der Waals surface area contributed by atoms with Crippen molar-refractivity contribution in [1.82, 2.24) is 14.8 Å². The fraction of sp³-hybridized carbons (Fsp3) is 0.111. The first kappa shape index (κ1) is 9.60. The molecule has 0 spiro atoms. The average Bonchev–Trinajstić information content (AvgIpc) is 2.59. The molecule has 0 aliphatic rings. The molecule has 0 aromatic carbocycles. The second kappa shape index (κ2) is 3.66. The van der Waals surface area contributed by atoms with Crippen LogP contribution < -0.4 is 11.3 Å². The van der Waals surface area contributed by atoms with Gasteiger partial charge >= 0.3 is 0 Å². The third-order valence-electron chi connectivity index (χ3n) is 1.97. The maximum atomic E-state index is 12.8. The Morgan fingerprint density at radius 1 is 1.53 bits per heavy atom. The number of nitrogens with zero attached hydrogens (tertiary/aromatic N) is 2. The van der Waals surface area contributed by atoms with Gasteiger partial charge in [-0.15, -0.1) is 0 Å².